The first-order valence-corrected chi connectivity index (χ1v) is 11.2. The Kier molecular flexibility index (Phi) is 7.08. The fraction of sp³-hybridized carbons (Fsp3) is 0.280. The van der Waals surface area contributed by atoms with Crippen molar-refractivity contribution in [1.29, 1.82) is 0 Å². The first-order chi connectivity index (χ1) is 16.6. The van der Waals surface area contributed by atoms with Crippen LogP contribution in [0.1, 0.15) is 49.3 Å². The zero-order valence-electron chi connectivity index (χ0n) is 19.2. The van der Waals surface area contributed by atoms with Crippen LogP contribution in [0.3, 0.4) is 0 Å². The fourth-order valence-corrected chi connectivity index (χ4v) is 3.67. The van der Waals surface area contributed by atoms with Crippen molar-refractivity contribution in [3.05, 3.63) is 70.4 Å². The van der Waals surface area contributed by atoms with Crippen molar-refractivity contribution in [3.63, 3.8) is 0 Å². The third kappa shape index (κ3) is 4.86. The largest absolute Gasteiger partial charge is 0.353 e. The Balaban J connectivity index is 1.63. The minimum absolute atomic E-state index is 0.287. The van der Waals surface area contributed by atoms with Crippen LogP contribution in [0.15, 0.2) is 53.3 Å². The van der Waals surface area contributed by atoms with Gasteiger partial charge in [-0.1, -0.05) is 67.8 Å². The van der Waals surface area contributed by atoms with Crippen LogP contribution in [0.2, 0.25) is 0 Å². The van der Waals surface area contributed by atoms with Crippen LogP contribution in [0.4, 0.5) is 0 Å². The third-order valence-corrected chi connectivity index (χ3v) is 5.46. The summed E-state index contributed by atoms with van der Waals surface area (Å²) in [6.45, 7) is 4.03. The molecule has 9 nitrogen and oxygen atoms in total. The summed E-state index contributed by atoms with van der Waals surface area (Å²) in [6, 6.07) is 15.7. The summed E-state index contributed by atoms with van der Waals surface area (Å²) in [5, 5.41) is 18.6. The van der Waals surface area contributed by atoms with E-state index in [1.54, 1.807) is 6.92 Å². The molecule has 0 aliphatic heterocycles. The number of nitrogens with zero attached hydrogens (tertiary/aromatic N) is 6. The van der Waals surface area contributed by atoms with Gasteiger partial charge in [0.1, 0.15) is 5.82 Å². The van der Waals surface area contributed by atoms with E-state index in [-0.39, 0.29) is 5.91 Å². The number of nitrogens with one attached hydrogen (secondary N) is 1. The standard InChI is InChI=1S/C25H25N7O2/c1-3-5-11-22-28-32(23(33)12-6-4-2)25(34)31(22)17-18-13-15-19(16-14-18)20-9-7-8-10-21(20)24-26-29-30-27-24/h7-10,13-16H,4,6,11-12,17H2,1-2H3,(H,26,27,29,30). The van der Waals surface area contributed by atoms with E-state index in [0.29, 0.717) is 31.0 Å². The number of hydrogen-bond donors (Lipinski definition) is 1. The molecule has 0 aliphatic carbocycles. The Morgan fingerprint density at radius 2 is 1.85 bits per heavy atom. The summed E-state index contributed by atoms with van der Waals surface area (Å²) in [5.41, 5.74) is 3.31. The number of carbonyl (C=O) groups excluding carboxylic acids is 1. The molecular formula is C25H25N7O2. The van der Waals surface area contributed by atoms with E-state index in [1.807, 2.05) is 55.5 Å². The van der Waals surface area contributed by atoms with E-state index in [1.165, 1.54) is 4.57 Å². The van der Waals surface area contributed by atoms with Gasteiger partial charge in [-0.25, -0.2) is 4.79 Å². The first-order valence-electron chi connectivity index (χ1n) is 11.2. The number of hydrogen-bond acceptors (Lipinski definition) is 6. The number of aromatic amines is 1. The van der Waals surface area contributed by atoms with Gasteiger partial charge < -0.3 is 0 Å². The Hall–Kier alpha value is -4.32. The Morgan fingerprint density at radius 3 is 2.53 bits per heavy atom. The van der Waals surface area contributed by atoms with Crippen molar-refractivity contribution in [3.8, 4) is 34.4 Å². The molecule has 0 radical (unpaired) electrons. The molecule has 1 N–H and O–H groups in total. The predicted octanol–water partition coefficient (Wildman–Crippen LogP) is 3.34. The minimum Gasteiger partial charge on any atom is -0.273 e. The van der Waals surface area contributed by atoms with Gasteiger partial charge >= 0.3 is 5.69 Å². The first kappa shape index (κ1) is 22.9. The molecule has 172 valence electrons. The molecule has 34 heavy (non-hydrogen) atoms. The van der Waals surface area contributed by atoms with Crippen LogP contribution in [0.5, 0.6) is 0 Å². The maximum Gasteiger partial charge on any atom is 0.353 e. The second kappa shape index (κ2) is 10.5. The van der Waals surface area contributed by atoms with Crippen LogP contribution < -0.4 is 5.69 Å². The average molecular weight is 456 g/mol. The van der Waals surface area contributed by atoms with Gasteiger partial charge in [-0.15, -0.1) is 25.9 Å². The molecular weight excluding hydrogens is 430 g/mol. The lowest BCUT2D eigenvalue weighted by atomic mass is 9.98. The molecule has 2 aromatic heterocycles. The number of aromatic nitrogens is 7. The second-order valence-corrected chi connectivity index (χ2v) is 7.78. The van der Waals surface area contributed by atoms with Crippen LogP contribution >= 0.6 is 0 Å². The van der Waals surface area contributed by atoms with Crippen LogP contribution in [0, 0.1) is 11.8 Å². The summed E-state index contributed by atoms with van der Waals surface area (Å²) in [4.78, 5) is 25.5. The van der Waals surface area contributed by atoms with Crippen molar-refractivity contribution in [2.45, 2.75) is 46.1 Å². The highest BCUT2D eigenvalue weighted by atomic mass is 16.2. The molecule has 0 saturated heterocycles. The van der Waals surface area contributed by atoms with Crippen LogP contribution in [0.25, 0.3) is 22.5 Å². The monoisotopic (exact) mass is 455 g/mol. The maximum absolute atomic E-state index is 13.0. The van der Waals surface area contributed by atoms with E-state index < -0.39 is 5.69 Å². The van der Waals surface area contributed by atoms with E-state index in [9.17, 15) is 9.59 Å². The summed E-state index contributed by atoms with van der Waals surface area (Å²) in [7, 11) is 0. The fourth-order valence-electron chi connectivity index (χ4n) is 3.67. The molecule has 9 heteroatoms. The molecule has 2 heterocycles. The van der Waals surface area contributed by atoms with E-state index in [0.717, 1.165) is 39.8 Å². The smallest absolute Gasteiger partial charge is 0.273 e. The van der Waals surface area contributed by atoms with Gasteiger partial charge in [-0.05, 0) is 35.2 Å². The summed E-state index contributed by atoms with van der Waals surface area (Å²) >= 11 is 0. The Morgan fingerprint density at radius 1 is 1.09 bits per heavy atom. The van der Waals surface area contributed by atoms with Gasteiger partial charge in [-0.3, -0.25) is 9.36 Å². The molecule has 0 unspecified atom stereocenters. The van der Waals surface area contributed by atoms with Crippen LogP contribution in [-0.2, 0) is 13.0 Å². The summed E-state index contributed by atoms with van der Waals surface area (Å²) in [5.74, 6) is 6.49. The third-order valence-electron chi connectivity index (χ3n) is 5.46. The zero-order chi connectivity index (χ0) is 23.9. The molecule has 0 aliphatic rings. The second-order valence-electron chi connectivity index (χ2n) is 7.78. The van der Waals surface area contributed by atoms with Crippen molar-refractivity contribution >= 4 is 5.91 Å². The normalized spacial score (nSPS) is 10.6. The molecule has 0 saturated carbocycles. The highest BCUT2D eigenvalue weighted by Crippen LogP contribution is 2.29. The SMILES string of the molecule is CC#CCc1nn(C(=O)CCCC)c(=O)n1Cc1ccc(-c2ccccc2-c2nn[nH]n2)cc1. The topological polar surface area (TPSA) is 111 Å². The Labute approximate surface area is 196 Å². The lowest BCUT2D eigenvalue weighted by Gasteiger charge is -2.09. The van der Waals surface area contributed by atoms with E-state index >= 15 is 0 Å². The van der Waals surface area contributed by atoms with Crippen molar-refractivity contribution < 1.29 is 4.79 Å². The summed E-state index contributed by atoms with van der Waals surface area (Å²) in [6.07, 6.45) is 2.18. The highest BCUT2D eigenvalue weighted by molar-refractivity contribution is 5.80. The highest BCUT2D eigenvalue weighted by Gasteiger charge is 2.18. The van der Waals surface area contributed by atoms with Crippen LogP contribution in [-0.4, -0.2) is 40.9 Å². The number of H-pyrrole nitrogens is 1. The van der Waals surface area contributed by atoms with Crippen molar-refractivity contribution in [2.24, 2.45) is 0 Å². The van der Waals surface area contributed by atoms with Crippen molar-refractivity contribution in [2.75, 3.05) is 0 Å². The lowest BCUT2D eigenvalue weighted by Crippen LogP contribution is -2.30. The number of tetrazole rings is 1. The minimum atomic E-state index is -0.430. The number of carbonyl (C=O) groups is 1. The molecule has 0 amide bonds. The van der Waals surface area contributed by atoms with Gasteiger partial charge in [0.25, 0.3) is 5.91 Å². The molecule has 0 atom stereocenters. The maximum atomic E-state index is 13.0. The Bertz CT molecular complexity index is 1390. The molecule has 4 rings (SSSR count). The molecule has 0 spiro atoms. The van der Waals surface area contributed by atoms with Gasteiger partial charge in [0, 0.05) is 12.0 Å². The molecule has 0 fully saturated rings. The molecule has 0 bridgehead atoms. The van der Waals surface area contributed by atoms with Gasteiger partial charge in [0.15, 0.2) is 0 Å². The van der Waals surface area contributed by atoms with E-state index in [2.05, 4.69) is 37.6 Å². The molecule has 2 aromatic carbocycles. The van der Waals surface area contributed by atoms with Gasteiger partial charge in [0.05, 0.1) is 13.0 Å². The van der Waals surface area contributed by atoms with Gasteiger partial charge in [-0.2, -0.15) is 5.21 Å². The molecule has 4 aromatic rings. The van der Waals surface area contributed by atoms with Crippen molar-refractivity contribution in [1.82, 2.24) is 35.0 Å². The van der Waals surface area contributed by atoms with Gasteiger partial charge in [0.2, 0.25) is 5.82 Å². The van der Waals surface area contributed by atoms with E-state index in [4.69, 9.17) is 0 Å². The number of rotatable bonds is 8. The number of benzene rings is 2. The summed E-state index contributed by atoms with van der Waals surface area (Å²) < 4.78 is 2.51. The predicted molar refractivity (Wildman–Crippen MR) is 128 cm³/mol. The quantitative estimate of drug-likeness (QED) is 0.408. The number of unbranched alkanes of at least 4 members (excludes halogenated alkanes) is 1. The zero-order valence-corrected chi connectivity index (χ0v) is 19.2. The lowest BCUT2D eigenvalue weighted by molar-refractivity contribution is 0.0878. The average Bonchev–Trinajstić information content (AvgIpc) is 3.51.